The van der Waals surface area contributed by atoms with E-state index in [1.54, 1.807) is 7.11 Å². The van der Waals surface area contributed by atoms with Crippen molar-refractivity contribution < 1.29 is 32.5 Å². The van der Waals surface area contributed by atoms with Crippen LogP contribution in [0.3, 0.4) is 0 Å². The Morgan fingerprint density at radius 3 is 1.51 bits per heavy atom. The van der Waals surface area contributed by atoms with Crippen LogP contribution in [0.2, 0.25) is 0 Å². The SMILES string of the molecule is CCCCCCCCCCCCCCCCCCOCC(COP(=O)([O-])OCCCCCC[N+](C)(C)C)OC. The molecule has 0 aliphatic carbocycles. The Bertz CT molecular complexity index is 558. The van der Waals surface area contributed by atoms with Gasteiger partial charge in [-0.25, -0.2) is 0 Å². The highest BCUT2D eigenvalue weighted by Crippen LogP contribution is 2.38. The van der Waals surface area contributed by atoms with E-state index in [0.29, 0.717) is 19.6 Å². The largest absolute Gasteiger partial charge is 0.756 e. The molecule has 0 aromatic heterocycles. The minimum Gasteiger partial charge on any atom is -0.756 e. The van der Waals surface area contributed by atoms with Crippen molar-refractivity contribution in [3.63, 3.8) is 0 Å². The van der Waals surface area contributed by atoms with Gasteiger partial charge in [0, 0.05) is 13.7 Å². The summed E-state index contributed by atoms with van der Waals surface area (Å²) in [7, 11) is 3.76. The summed E-state index contributed by atoms with van der Waals surface area (Å²) in [4.78, 5) is 12.0. The fourth-order valence-corrected chi connectivity index (χ4v) is 5.36. The van der Waals surface area contributed by atoms with Crippen molar-refractivity contribution in [2.45, 2.75) is 141 Å². The molecule has 0 rings (SSSR count). The fraction of sp³-hybridized carbons (Fsp3) is 1.00. The first kappa shape index (κ1) is 39.0. The maximum absolute atomic E-state index is 12.0. The Hall–Kier alpha value is -0.0100. The first-order valence-electron chi connectivity index (χ1n) is 16.2. The Balaban J connectivity index is 3.52. The van der Waals surface area contributed by atoms with Gasteiger partial charge in [0.25, 0.3) is 7.82 Å². The average molecular weight is 580 g/mol. The van der Waals surface area contributed by atoms with E-state index in [9.17, 15) is 9.46 Å². The molecule has 0 aliphatic rings. The second-order valence-corrected chi connectivity index (χ2v) is 13.7. The zero-order valence-electron chi connectivity index (χ0n) is 26.6. The van der Waals surface area contributed by atoms with Gasteiger partial charge in [0.2, 0.25) is 0 Å². The number of ether oxygens (including phenoxy) is 2. The van der Waals surface area contributed by atoms with Crippen molar-refractivity contribution >= 4 is 7.82 Å². The lowest BCUT2D eigenvalue weighted by atomic mass is 10.0. The van der Waals surface area contributed by atoms with Gasteiger partial charge in [0.15, 0.2) is 0 Å². The monoisotopic (exact) mass is 579 g/mol. The Labute approximate surface area is 242 Å². The Morgan fingerprint density at radius 1 is 0.615 bits per heavy atom. The van der Waals surface area contributed by atoms with Crippen LogP contribution in [0, 0.1) is 0 Å². The number of hydrogen-bond donors (Lipinski definition) is 0. The first-order chi connectivity index (χ1) is 18.7. The number of rotatable bonds is 31. The van der Waals surface area contributed by atoms with E-state index in [1.165, 1.54) is 96.3 Å². The quantitative estimate of drug-likeness (QED) is 0.0470. The highest BCUT2D eigenvalue weighted by Gasteiger charge is 2.15. The molecule has 0 aromatic rings. The van der Waals surface area contributed by atoms with Crippen LogP contribution >= 0.6 is 7.82 Å². The molecule has 39 heavy (non-hydrogen) atoms. The topological polar surface area (TPSA) is 77.1 Å². The van der Waals surface area contributed by atoms with Crippen molar-refractivity contribution in [2.24, 2.45) is 0 Å². The van der Waals surface area contributed by atoms with E-state index in [1.807, 2.05) is 0 Å². The summed E-state index contributed by atoms with van der Waals surface area (Å²) in [6, 6.07) is 0. The molecule has 0 amide bonds. The van der Waals surface area contributed by atoms with Gasteiger partial charge in [0.05, 0.1) is 47.5 Å². The van der Waals surface area contributed by atoms with Gasteiger partial charge >= 0.3 is 0 Å². The third-order valence-corrected chi connectivity index (χ3v) is 8.13. The lowest BCUT2D eigenvalue weighted by Crippen LogP contribution is -2.35. The molecule has 0 fully saturated rings. The van der Waals surface area contributed by atoms with E-state index in [4.69, 9.17) is 18.5 Å². The highest BCUT2D eigenvalue weighted by molar-refractivity contribution is 7.45. The number of methoxy groups -OCH3 is 1. The van der Waals surface area contributed by atoms with Crippen LogP contribution in [-0.4, -0.2) is 71.8 Å². The molecule has 0 heterocycles. The fourth-order valence-electron chi connectivity index (χ4n) is 4.58. The van der Waals surface area contributed by atoms with Gasteiger partial charge in [-0.15, -0.1) is 0 Å². The first-order valence-corrected chi connectivity index (χ1v) is 17.7. The molecule has 7 nitrogen and oxygen atoms in total. The van der Waals surface area contributed by atoms with Crippen molar-refractivity contribution in [1.82, 2.24) is 0 Å². The minimum atomic E-state index is -4.31. The zero-order chi connectivity index (χ0) is 29.1. The number of unbranched alkanes of at least 4 members (excludes halogenated alkanes) is 18. The van der Waals surface area contributed by atoms with Gasteiger partial charge in [-0.2, -0.15) is 0 Å². The Morgan fingerprint density at radius 2 is 1.05 bits per heavy atom. The molecule has 0 aromatic carbocycles. The molecule has 0 saturated heterocycles. The third kappa shape index (κ3) is 30.8. The van der Waals surface area contributed by atoms with E-state index in [2.05, 4.69) is 28.1 Å². The number of nitrogens with zero attached hydrogens (tertiary/aromatic N) is 1. The average Bonchev–Trinajstić information content (AvgIpc) is 2.88. The van der Waals surface area contributed by atoms with E-state index < -0.39 is 13.9 Å². The van der Waals surface area contributed by atoms with Crippen LogP contribution in [0.5, 0.6) is 0 Å². The van der Waals surface area contributed by atoms with Crippen LogP contribution in [0.4, 0.5) is 0 Å². The smallest absolute Gasteiger partial charge is 0.267 e. The second kappa shape index (κ2) is 26.9. The molecule has 0 bridgehead atoms. The predicted molar refractivity (Wildman–Crippen MR) is 162 cm³/mol. The molecule has 0 N–H and O–H groups in total. The molecule has 0 aliphatic heterocycles. The molecule has 2 atom stereocenters. The number of phosphoric ester groups is 1. The molecule has 0 spiro atoms. The van der Waals surface area contributed by atoms with Crippen molar-refractivity contribution in [3.05, 3.63) is 0 Å². The maximum Gasteiger partial charge on any atom is 0.267 e. The summed E-state index contributed by atoms with van der Waals surface area (Å²) in [6.45, 7) is 4.46. The molecular weight excluding hydrogens is 513 g/mol. The Kier molecular flexibility index (Phi) is 26.9. The summed E-state index contributed by atoms with van der Waals surface area (Å²) in [6.07, 6.45) is 25.0. The normalized spacial score (nSPS) is 14.5. The van der Waals surface area contributed by atoms with Gasteiger partial charge in [-0.1, -0.05) is 110 Å². The standard InChI is InChI=1S/C31H66NO6P/c1-6-7-8-9-10-11-12-13-14-15-16-17-18-19-21-24-27-36-29-31(35-5)30-38-39(33,34)37-28-25-22-20-23-26-32(2,3)4/h31H,6-30H2,1-5H3. The minimum absolute atomic E-state index is 0.0836. The zero-order valence-corrected chi connectivity index (χ0v) is 27.5. The summed E-state index contributed by atoms with van der Waals surface area (Å²) in [5.41, 5.74) is 0. The molecule has 0 radical (unpaired) electrons. The number of hydrogen-bond acceptors (Lipinski definition) is 6. The van der Waals surface area contributed by atoms with E-state index in [-0.39, 0.29) is 13.2 Å². The van der Waals surface area contributed by atoms with Crippen LogP contribution in [0.15, 0.2) is 0 Å². The van der Waals surface area contributed by atoms with Crippen LogP contribution in [-0.2, 0) is 23.1 Å². The van der Waals surface area contributed by atoms with Crippen LogP contribution < -0.4 is 4.89 Å². The van der Waals surface area contributed by atoms with E-state index in [0.717, 1.165) is 36.7 Å². The van der Waals surface area contributed by atoms with Crippen LogP contribution in [0.1, 0.15) is 135 Å². The van der Waals surface area contributed by atoms with Gasteiger partial charge in [-0.05, 0) is 25.7 Å². The number of phosphoric acid groups is 1. The van der Waals surface area contributed by atoms with Crippen molar-refractivity contribution in [2.75, 3.05) is 61.2 Å². The molecule has 2 unspecified atom stereocenters. The second-order valence-electron chi connectivity index (χ2n) is 12.2. The summed E-state index contributed by atoms with van der Waals surface area (Å²) < 4.78 is 34.0. The predicted octanol–water partition coefficient (Wildman–Crippen LogP) is 8.05. The van der Waals surface area contributed by atoms with Crippen LogP contribution in [0.25, 0.3) is 0 Å². The molecule has 0 saturated carbocycles. The molecule has 8 heteroatoms. The van der Waals surface area contributed by atoms with Gasteiger partial charge in [0.1, 0.15) is 6.10 Å². The van der Waals surface area contributed by atoms with Crippen molar-refractivity contribution in [1.29, 1.82) is 0 Å². The summed E-state index contributed by atoms with van der Waals surface area (Å²) >= 11 is 0. The summed E-state index contributed by atoms with van der Waals surface area (Å²) in [5.74, 6) is 0. The molecule has 236 valence electrons. The number of quaternary nitrogens is 1. The lowest BCUT2D eigenvalue weighted by molar-refractivity contribution is -0.870. The maximum atomic E-state index is 12.0. The lowest BCUT2D eigenvalue weighted by Gasteiger charge is -2.25. The third-order valence-electron chi connectivity index (χ3n) is 7.17. The highest BCUT2D eigenvalue weighted by atomic mass is 31.2. The van der Waals surface area contributed by atoms with Gasteiger partial charge < -0.3 is 27.9 Å². The summed E-state index contributed by atoms with van der Waals surface area (Å²) in [5, 5.41) is 0. The van der Waals surface area contributed by atoms with Crippen molar-refractivity contribution in [3.8, 4) is 0 Å². The molecular formula is C31H66NO6P. The van der Waals surface area contributed by atoms with E-state index >= 15 is 0 Å². The van der Waals surface area contributed by atoms with Gasteiger partial charge in [-0.3, -0.25) is 4.57 Å².